The molecule has 0 rings (SSSR count). The van der Waals surface area contributed by atoms with Gasteiger partial charge in [-0.2, -0.15) is 0 Å². The molecule has 0 atom stereocenters. The van der Waals surface area contributed by atoms with Gasteiger partial charge in [0.1, 0.15) is 0 Å². The van der Waals surface area contributed by atoms with Crippen LogP contribution in [0, 0.1) is 0 Å². The van der Waals surface area contributed by atoms with Crippen molar-refractivity contribution in [2.45, 2.75) is 12.5 Å². The molecule has 3 heteroatoms. The van der Waals surface area contributed by atoms with E-state index in [9.17, 15) is 0 Å². The number of hydrogen-bond acceptors (Lipinski definition) is 1. The smallest absolute Gasteiger partial charge is 0.254 e. The highest BCUT2D eigenvalue weighted by Gasteiger charge is 2.14. The summed E-state index contributed by atoms with van der Waals surface area (Å²) in [6.07, 6.45) is 1.14. The van der Waals surface area contributed by atoms with Crippen molar-refractivity contribution >= 4 is 10.2 Å². The fraction of sp³-hybridized carbons (Fsp3) is 0.125. The van der Waals surface area contributed by atoms with Gasteiger partial charge in [-0.25, -0.2) is 0 Å². The predicted octanol–water partition coefficient (Wildman–Crippen LogP) is 6.13. The minimum Gasteiger partial charge on any atom is -0.334 e. The first-order valence-corrected chi connectivity index (χ1v) is 15.6. The number of quaternary nitrogens is 1. The second-order valence-corrected chi connectivity index (χ2v) is 9.69. The van der Waals surface area contributed by atoms with Gasteiger partial charge in [-0.3, -0.25) is 4.48 Å². The van der Waals surface area contributed by atoms with Gasteiger partial charge in [0, 0.05) is 149 Å². The van der Waals surface area contributed by atoms with E-state index in [0.29, 0.717) is 4.48 Å². The first-order valence-electron chi connectivity index (χ1n) is 14.2. The molecule has 0 aliphatic carbocycles. The Labute approximate surface area is 300 Å². The lowest BCUT2D eigenvalue weighted by atomic mass is 10.4. The van der Waals surface area contributed by atoms with Crippen molar-refractivity contribution in [3.63, 3.8) is 0 Å². The molecule has 0 heterocycles. The van der Waals surface area contributed by atoms with Crippen LogP contribution in [0.1, 0.15) is 6.42 Å². The topological polar surface area (TPSA) is 12.0 Å². The van der Waals surface area contributed by atoms with E-state index in [1.54, 1.807) is 0 Å². The zero-order valence-corrected chi connectivity index (χ0v) is 30.3. The quantitative estimate of drug-likeness (QED) is 0.163. The van der Waals surface area contributed by atoms with Gasteiger partial charge in [-0.15, -0.1) is 0 Å². The average Bonchev–Trinajstić information content (AvgIpc) is 3.11. The molecule has 0 unspecified atom stereocenters. The lowest BCUT2D eigenvalue weighted by molar-refractivity contribution is -0.834. The Morgan fingerprint density at radius 3 is 0.804 bits per heavy atom. The number of hydrogen-bond donors (Lipinski definition) is 1. The van der Waals surface area contributed by atoms with Crippen molar-refractivity contribution < 1.29 is 4.48 Å². The molecule has 0 fully saturated rings. The SMILES string of the molecule is C=C=C=C=C=C=C=C=C=C=C=C=C=C=C=C=C=C=C=C=C=C=C=C=C=C=C=C=C=C=C=C=C=C=C=C=C=C=C=C=C=C(NCCC[SiH3])[N+](C)(C)C. The highest BCUT2D eigenvalue weighted by Crippen LogP contribution is 2.01. The van der Waals surface area contributed by atoms with Crippen molar-refractivity contribution in [3.8, 4) is 0 Å². The third-order valence-electron chi connectivity index (χ3n) is 4.08. The number of rotatable bonds is 5. The van der Waals surface area contributed by atoms with Gasteiger partial charge in [-0.1, -0.05) is 11.8 Å². The van der Waals surface area contributed by atoms with Crippen LogP contribution in [0.5, 0.6) is 0 Å². The zero-order valence-electron chi connectivity index (χ0n) is 28.3. The monoisotopic (exact) mass is 653 g/mol. The van der Waals surface area contributed by atoms with Crippen molar-refractivity contribution in [1.82, 2.24) is 5.32 Å². The molecule has 0 aromatic rings. The van der Waals surface area contributed by atoms with Crippen LogP contribution in [-0.4, -0.2) is 42.4 Å². The van der Waals surface area contributed by atoms with E-state index in [1.165, 1.54) is 16.3 Å². The van der Waals surface area contributed by atoms with Crippen molar-refractivity contribution in [3.05, 3.63) is 242 Å². The number of nitrogens with one attached hydrogen (secondary N) is 1. The largest absolute Gasteiger partial charge is 0.334 e. The van der Waals surface area contributed by atoms with Gasteiger partial charge in [-0.05, 0) is 105 Å². The summed E-state index contributed by atoms with van der Waals surface area (Å²) in [6.45, 7) is 4.23. The molecule has 226 valence electrons. The Hall–Kier alpha value is -9.08. The third kappa shape index (κ3) is 33.6. The molecule has 2 nitrogen and oxygen atoms in total. The zero-order chi connectivity index (χ0) is 37.2. The highest BCUT2D eigenvalue weighted by atomic mass is 28.1. The molecular formula is C48H21N2Si+. The van der Waals surface area contributed by atoms with Gasteiger partial charge in [0.25, 0.3) is 5.82 Å². The Morgan fingerprint density at radius 1 is 0.392 bits per heavy atom. The van der Waals surface area contributed by atoms with Crippen LogP contribution in [0.15, 0.2) is 242 Å². The summed E-state index contributed by atoms with van der Waals surface area (Å²) in [6, 6.07) is 1.25. The van der Waals surface area contributed by atoms with Crippen molar-refractivity contribution in [1.29, 1.82) is 0 Å². The third-order valence-corrected chi connectivity index (χ3v) is 4.78. The standard InChI is InChI=1S/C48H21N2Si/c1-5-6-7-8-9-10-11-12-13-14-15-16-17-18-19-20-21-22-23-24-25-26-27-28-29-30-31-32-33-34-35-36-37-38-39-40-41-42-43-45-48(50(2,3)4)49-46-44-47-51/h49H,1,44,46-47H2,2-4,51H3/q+1. The molecule has 0 bridgehead atoms. The van der Waals surface area contributed by atoms with Gasteiger partial charge in [0.15, 0.2) is 0 Å². The van der Waals surface area contributed by atoms with Crippen LogP contribution < -0.4 is 5.32 Å². The summed E-state index contributed by atoms with van der Waals surface area (Å²) in [5.41, 5.74) is 102. The minimum atomic E-state index is 0.601. The molecule has 0 aliphatic rings. The predicted molar refractivity (Wildman–Crippen MR) is 195 cm³/mol. The summed E-state index contributed by atoms with van der Waals surface area (Å²) >= 11 is 0. The molecule has 0 radical (unpaired) electrons. The molecule has 0 amide bonds. The maximum absolute atomic E-state index is 3.38. The minimum absolute atomic E-state index is 0.601. The molecule has 0 saturated heterocycles. The van der Waals surface area contributed by atoms with E-state index < -0.39 is 0 Å². The Bertz CT molecular complexity index is 3040. The van der Waals surface area contributed by atoms with Gasteiger partial charge in [0.05, 0.1) is 21.1 Å². The van der Waals surface area contributed by atoms with Gasteiger partial charge in [0.2, 0.25) is 0 Å². The number of nitrogens with zero attached hydrogens (tertiary/aromatic N) is 1. The van der Waals surface area contributed by atoms with Crippen molar-refractivity contribution in [2.24, 2.45) is 0 Å². The lowest BCUT2D eigenvalue weighted by Gasteiger charge is -2.24. The second-order valence-electron chi connectivity index (χ2n) is 8.69. The maximum Gasteiger partial charge on any atom is 0.254 e. The maximum atomic E-state index is 3.38. The fourth-order valence-electron chi connectivity index (χ4n) is 2.09. The molecule has 0 saturated carbocycles. The van der Waals surface area contributed by atoms with Crippen LogP contribution in [0.3, 0.4) is 0 Å². The molecule has 0 aromatic carbocycles. The molecule has 0 aliphatic heterocycles. The van der Waals surface area contributed by atoms with E-state index >= 15 is 0 Å². The van der Waals surface area contributed by atoms with Crippen LogP contribution in [0.25, 0.3) is 0 Å². The normalized spacial score (nSPS) is 5.63. The summed E-state index contributed by atoms with van der Waals surface area (Å²) in [4.78, 5) is 0. The summed E-state index contributed by atoms with van der Waals surface area (Å²) in [5.74, 6) is 0.913. The van der Waals surface area contributed by atoms with E-state index in [1.807, 2.05) is 0 Å². The van der Waals surface area contributed by atoms with Crippen LogP contribution in [0.4, 0.5) is 0 Å². The molecule has 0 aromatic heterocycles. The lowest BCUT2D eigenvalue weighted by Crippen LogP contribution is -2.40. The Balaban J connectivity index is 6.09. The van der Waals surface area contributed by atoms with E-state index in [2.05, 4.69) is 262 Å². The van der Waals surface area contributed by atoms with Gasteiger partial charge < -0.3 is 5.32 Å². The molecule has 0 spiro atoms. The Morgan fingerprint density at radius 2 is 0.608 bits per heavy atom. The average molecular weight is 654 g/mol. The first-order chi connectivity index (χ1) is 25.0. The summed E-state index contributed by atoms with van der Waals surface area (Å²) in [7, 11) is 7.36. The van der Waals surface area contributed by atoms with E-state index in [4.69, 9.17) is 0 Å². The van der Waals surface area contributed by atoms with E-state index in [-0.39, 0.29) is 0 Å². The fourth-order valence-corrected chi connectivity index (χ4v) is 2.45. The molecular weight excluding hydrogens is 633 g/mol. The van der Waals surface area contributed by atoms with Crippen LogP contribution in [-0.2, 0) is 0 Å². The second kappa shape index (κ2) is 33.8. The molecule has 1 N–H and O–H groups in total. The molecule has 51 heavy (non-hydrogen) atoms. The van der Waals surface area contributed by atoms with E-state index in [0.717, 1.165) is 18.8 Å². The summed E-state index contributed by atoms with van der Waals surface area (Å²) < 4.78 is 0.601. The van der Waals surface area contributed by atoms with Crippen molar-refractivity contribution in [2.75, 3.05) is 27.7 Å². The van der Waals surface area contributed by atoms with Crippen LogP contribution in [0.2, 0.25) is 6.04 Å². The Kier molecular flexibility index (Phi) is 27.8. The van der Waals surface area contributed by atoms with Crippen LogP contribution >= 0.6 is 0 Å². The summed E-state index contributed by atoms with van der Waals surface area (Å²) in [5, 5.41) is 3.38. The van der Waals surface area contributed by atoms with Gasteiger partial charge >= 0.3 is 0 Å². The first kappa shape index (κ1) is 41.9. The highest BCUT2D eigenvalue weighted by molar-refractivity contribution is 6.08.